The normalized spacial score (nSPS) is 16.0. The Balaban J connectivity index is 1.73. The van der Waals surface area contributed by atoms with Gasteiger partial charge in [0.2, 0.25) is 11.8 Å². The molecule has 160 valence electrons. The fourth-order valence-corrected chi connectivity index (χ4v) is 5.64. The number of thioether (sulfide) groups is 1. The van der Waals surface area contributed by atoms with E-state index in [1.807, 2.05) is 45.0 Å². The van der Waals surface area contributed by atoms with Crippen molar-refractivity contribution in [1.82, 2.24) is 0 Å². The van der Waals surface area contributed by atoms with Gasteiger partial charge in [-0.15, -0.1) is 11.8 Å². The number of nitrogens with zero attached hydrogens (tertiary/aromatic N) is 1. The van der Waals surface area contributed by atoms with Crippen molar-refractivity contribution in [3.8, 4) is 0 Å². The van der Waals surface area contributed by atoms with Crippen LogP contribution in [0.4, 0.5) is 11.4 Å². The molecule has 1 aliphatic heterocycles. The molecule has 0 saturated carbocycles. The number of rotatable bonds is 7. The number of amides is 2. The van der Waals surface area contributed by atoms with Gasteiger partial charge in [0.05, 0.1) is 21.6 Å². The van der Waals surface area contributed by atoms with Crippen LogP contribution in [-0.2, 0) is 19.4 Å². The molecule has 2 amide bonds. The third-order valence-corrected chi connectivity index (χ3v) is 8.17. The molecular formula is C22H26N2O4S2. The number of carbonyl (C=O) groups excluding carboxylic acids is 2. The second-order valence-electron chi connectivity index (χ2n) is 7.21. The first kappa shape index (κ1) is 22.4. The largest absolute Gasteiger partial charge is 0.324 e. The molecule has 1 aliphatic rings. The SMILES string of the molecule is CC[C@@H]1Sc2ccc(S(=O)(=O)CCC(=O)N(CC)c3cccc(C)c3)cc2NC1=O. The van der Waals surface area contributed by atoms with E-state index in [9.17, 15) is 18.0 Å². The van der Waals surface area contributed by atoms with Gasteiger partial charge in [0.1, 0.15) is 0 Å². The first-order chi connectivity index (χ1) is 14.2. The molecule has 0 fully saturated rings. The minimum absolute atomic E-state index is 0.111. The zero-order valence-electron chi connectivity index (χ0n) is 17.3. The molecule has 0 unspecified atom stereocenters. The molecule has 2 aromatic rings. The third-order valence-electron chi connectivity index (χ3n) is 5.02. The van der Waals surface area contributed by atoms with Crippen molar-refractivity contribution in [3.05, 3.63) is 48.0 Å². The van der Waals surface area contributed by atoms with E-state index in [0.29, 0.717) is 18.7 Å². The fraction of sp³-hybridized carbons (Fsp3) is 0.364. The van der Waals surface area contributed by atoms with Crippen molar-refractivity contribution >= 4 is 44.8 Å². The third kappa shape index (κ3) is 4.87. The number of sulfone groups is 1. The van der Waals surface area contributed by atoms with Crippen LogP contribution in [0.2, 0.25) is 0 Å². The number of anilines is 2. The van der Waals surface area contributed by atoms with E-state index in [-0.39, 0.29) is 34.1 Å². The topological polar surface area (TPSA) is 83.6 Å². The molecule has 1 atom stereocenters. The molecule has 1 heterocycles. The van der Waals surface area contributed by atoms with Gasteiger partial charge in [0.15, 0.2) is 9.84 Å². The molecule has 0 aromatic heterocycles. The molecule has 6 nitrogen and oxygen atoms in total. The Morgan fingerprint density at radius 2 is 1.93 bits per heavy atom. The number of nitrogens with one attached hydrogen (secondary N) is 1. The van der Waals surface area contributed by atoms with Gasteiger partial charge in [-0.25, -0.2) is 8.42 Å². The zero-order valence-corrected chi connectivity index (χ0v) is 19.0. The minimum Gasteiger partial charge on any atom is -0.324 e. The summed E-state index contributed by atoms with van der Waals surface area (Å²) in [6.45, 7) is 6.21. The Bertz CT molecular complexity index is 1070. The first-order valence-corrected chi connectivity index (χ1v) is 12.5. The average Bonchev–Trinajstić information content (AvgIpc) is 2.72. The van der Waals surface area contributed by atoms with Gasteiger partial charge < -0.3 is 10.2 Å². The summed E-state index contributed by atoms with van der Waals surface area (Å²) in [7, 11) is -3.67. The maximum atomic E-state index is 12.8. The van der Waals surface area contributed by atoms with Gasteiger partial charge in [-0.05, 0) is 56.2 Å². The maximum absolute atomic E-state index is 12.8. The van der Waals surface area contributed by atoms with E-state index in [4.69, 9.17) is 0 Å². The highest BCUT2D eigenvalue weighted by Crippen LogP contribution is 2.38. The van der Waals surface area contributed by atoms with Gasteiger partial charge in [-0.3, -0.25) is 9.59 Å². The van der Waals surface area contributed by atoms with Crippen LogP contribution in [0.3, 0.4) is 0 Å². The quantitative estimate of drug-likeness (QED) is 0.694. The molecule has 0 radical (unpaired) electrons. The lowest BCUT2D eigenvalue weighted by molar-refractivity contribution is -0.118. The molecule has 2 aromatic carbocycles. The minimum atomic E-state index is -3.67. The van der Waals surface area contributed by atoms with Crippen LogP contribution in [0.25, 0.3) is 0 Å². The Kier molecular flexibility index (Phi) is 6.88. The smallest absolute Gasteiger partial charge is 0.237 e. The molecule has 0 saturated heterocycles. The number of hydrogen-bond acceptors (Lipinski definition) is 5. The second-order valence-corrected chi connectivity index (χ2v) is 10.6. The standard InChI is InChI=1S/C22H26N2O4S2/c1-4-19-22(26)23-18-14-17(9-10-20(18)29-19)30(27,28)12-11-21(25)24(5-2)16-8-6-7-15(3)13-16/h6-10,13-14,19H,4-5,11-12H2,1-3H3,(H,23,26)/t19-/m0/s1. The van der Waals surface area contributed by atoms with Crippen molar-refractivity contribution < 1.29 is 18.0 Å². The highest BCUT2D eigenvalue weighted by atomic mass is 32.2. The molecule has 0 aliphatic carbocycles. The number of aryl methyl sites for hydroxylation is 1. The molecular weight excluding hydrogens is 420 g/mol. The predicted octanol–water partition coefficient (Wildman–Crippen LogP) is 4.03. The summed E-state index contributed by atoms with van der Waals surface area (Å²) in [5.74, 6) is -0.637. The van der Waals surface area contributed by atoms with Crippen LogP contribution in [0.5, 0.6) is 0 Å². The summed E-state index contributed by atoms with van der Waals surface area (Å²) >= 11 is 1.44. The van der Waals surface area contributed by atoms with Gasteiger partial charge in [0, 0.05) is 23.5 Å². The lowest BCUT2D eigenvalue weighted by Crippen LogP contribution is -2.32. The number of carbonyl (C=O) groups is 2. The molecule has 30 heavy (non-hydrogen) atoms. The summed E-state index contributed by atoms with van der Waals surface area (Å²) in [6.07, 6.45) is 0.590. The van der Waals surface area contributed by atoms with Crippen molar-refractivity contribution in [3.63, 3.8) is 0 Å². The van der Waals surface area contributed by atoms with E-state index < -0.39 is 9.84 Å². The molecule has 0 bridgehead atoms. The Morgan fingerprint density at radius 3 is 2.60 bits per heavy atom. The lowest BCUT2D eigenvalue weighted by atomic mass is 10.2. The van der Waals surface area contributed by atoms with Crippen molar-refractivity contribution in [2.45, 2.75) is 48.7 Å². The van der Waals surface area contributed by atoms with Crippen LogP contribution in [-0.4, -0.2) is 37.8 Å². The van der Waals surface area contributed by atoms with E-state index >= 15 is 0 Å². The van der Waals surface area contributed by atoms with Gasteiger partial charge in [-0.1, -0.05) is 19.1 Å². The highest BCUT2D eigenvalue weighted by Gasteiger charge is 2.27. The monoisotopic (exact) mass is 446 g/mol. The molecule has 0 spiro atoms. The Labute approximate surface area is 182 Å². The Hall–Kier alpha value is -2.32. The summed E-state index contributed by atoms with van der Waals surface area (Å²) < 4.78 is 25.7. The molecule has 3 rings (SSSR count). The number of benzene rings is 2. The van der Waals surface area contributed by atoms with Gasteiger partial charge >= 0.3 is 0 Å². The predicted molar refractivity (Wildman–Crippen MR) is 121 cm³/mol. The molecule has 8 heteroatoms. The lowest BCUT2D eigenvalue weighted by Gasteiger charge is -2.23. The summed E-state index contributed by atoms with van der Waals surface area (Å²) in [5, 5.41) is 2.63. The van der Waals surface area contributed by atoms with Crippen LogP contribution < -0.4 is 10.2 Å². The molecule has 1 N–H and O–H groups in total. The average molecular weight is 447 g/mol. The summed E-state index contributed by atoms with van der Waals surface area (Å²) in [6, 6.07) is 12.3. The van der Waals surface area contributed by atoms with Crippen LogP contribution in [0.15, 0.2) is 52.3 Å². The zero-order chi connectivity index (χ0) is 21.9. The number of hydrogen-bond donors (Lipinski definition) is 1. The van der Waals surface area contributed by atoms with Crippen LogP contribution in [0, 0.1) is 6.92 Å². The Morgan fingerprint density at radius 1 is 1.17 bits per heavy atom. The van der Waals surface area contributed by atoms with Gasteiger partial charge in [0.25, 0.3) is 0 Å². The summed E-state index contributed by atoms with van der Waals surface area (Å²) in [4.78, 5) is 27.4. The summed E-state index contributed by atoms with van der Waals surface area (Å²) in [5.41, 5.74) is 2.31. The van der Waals surface area contributed by atoms with Crippen LogP contribution >= 0.6 is 11.8 Å². The highest BCUT2D eigenvalue weighted by molar-refractivity contribution is 8.01. The van der Waals surface area contributed by atoms with E-state index in [1.54, 1.807) is 17.0 Å². The maximum Gasteiger partial charge on any atom is 0.237 e. The number of fused-ring (bicyclic) bond motifs is 1. The second kappa shape index (κ2) is 9.22. The van der Waals surface area contributed by atoms with E-state index in [0.717, 1.165) is 16.1 Å². The van der Waals surface area contributed by atoms with Crippen LogP contribution in [0.1, 0.15) is 32.3 Å². The van der Waals surface area contributed by atoms with E-state index in [2.05, 4.69) is 5.32 Å². The van der Waals surface area contributed by atoms with Crippen molar-refractivity contribution in [1.29, 1.82) is 0 Å². The van der Waals surface area contributed by atoms with Crippen molar-refractivity contribution in [2.24, 2.45) is 0 Å². The van der Waals surface area contributed by atoms with Gasteiger partial charge in [-0.2, -0.15) is 0 Å². The fourth-order valence-electron chi connectivity index (χ4n) is 3.36. The first-order valence-electron chi connectivity index (χ1n) is 9.96. The van der Waals surface area contributed by atoms with Crippen molar-refractivity contribution in [2.75, 3.05) is 22.5 Å². The van der Waals surface area contributed by atoms with E-state index in [1.165, 1.54) is 17.8 Å².